The van der Waals surface area contributed by atoms with Crippen molar-refractivity contribution >= 4 is 11.9 Å². The van der Waals surface area contributed by atoms with E-state index in [9.17, 15) is 0 Å². The van der Waals surface area contributed by atoms with Crippen molar-refractivity contribution in [2.75, 3.05) is 30.9 Å². The quantitative estimate of drug-likeness (QED) is 0.729. The number of ether oxygens (including phenoxy) is 1. The van der Waals surface area contributed by atoms with Gasteiger partial charge < -0.3 is 15.0 Å². The Bertz CT molecular complexity index is 361. The van der Waals surface area contributed by atoms with Crippen molar-refractivity contribution < 1.29 is 4.74 Å². The third kappa shape index (κ3) is 4.54. The summed E-state index contributed by atoms with van der Waals surface area (Å²) in [7, 11) is 3.35. The Labute approximate surface area is 115 Å². The van der Waals surface area contributed by atoms with Crippen LogP contribution in [0.1, 0.15) is 40.0 Å². The number of methoxy groups -OCH3 is 1. The molecule has 0 radical (unpaired) electrons. The smallest absolute Gasteiger partial charge is 0.322 e. The number of rotatable bonds is 8. The Morgan fingerprint density at radius 1 is 1.21 bits per heavy atom. The molecule has 0 saturated carbocycles. The number of aromatic nitrogens is 3. The number of nitrogens with zero attached hydrogens (tertiary/aromatic N) is 4. The van der Waals surface area contributed by atoms with E-state index in [2.05, 4.69) is 45.9 Å². The van der Waals surface area contributed by atoms with Crippen LogP contribution in [0.5, 0.6) is 6.01 Å². The fraction of sp³-hybridized carbons (Fsp3) is 0.769. The molecule has 19 heavy (non-hydrogen) atoms. The van der Waals surface area contributed by atoms with E-state index in [1.54, 1.807) is 14.2 Å². The average Bonchev–Trinajstić information content (AvgIpc) is 2.42. The van der Waals surface area contributed by atoms with Crippen molar-refractivity contribution in [2.24, 2.45) is 0 Å². The van der Waals surface area contributed by atoms with E-state index in [0.717, 1.165) is 13.0 Å². The van der Waals surface area contributed by atoms with Gasteiger partial charge in [0.2, 0.25) is 11.9 Å². The second-order valence-electron chi connectivity index (χ2n) is 4.69. The van der Waals surface area contributed by atoms with Crippen LogP contribution in [-0.2, 0) is 0 Å². The van der Waals surface area contributed by atoms with E-state index in [1.807, 2.05) is 0 Å². The number of nitrogens with one attached hydrogen (secondary N) is 1. The molecule has 6 heteroatoms. The van der Waals surface area contributed by atoms with Crippen molar-refractivity contribution in [1.29, 1.82) is 0 Å². The first-order chi connectivity index (χ1) is 9.12. The van der Waals surface area contributed by atoms with Crippen LogP contribution in [0.2, 0.25) is 0 Å². The SMILES string of the molecule is CCCCCN(c1nc(NC)nc(OC)n1)C(C)C. The molecule has 0 bridgehead atoms. The number of hydrogen-bond acceptors (Lipinski definition) is 6. The molecule has 0 amide bonds. The zero-order valence-electron chi connectivity index (χ0n) is 12.6. The first kappa shape index (κ1) is 15.5. The summed E-state index contributed by atoms with van der Waals surface area (Å²) in [6.45, 7) is 7.43. The molecule has 1 aromatic rings. The first-order valence-electron chi connectivity index (χ1n) is 6.86. The lowest BCUT2D eigenvalue weighted by atomic mass is 10.2. The molecule has 1 heterocycles. The fourth-order valence-electron chi connectivity index (χ4n) is 1.80. The van der Waals surface area contributed by atoms with Crippen LogP contribution in [0.15, 0.2) is 0 Å². The molecule has 0 aliphatic rings. The molecule has 6 nitrogen and oxygen atoms in total. The maximum Gasteiger partial charge on any atom is 0.322 e. The fourth-order valence-corrected chi connectivity index (χ4v) is 1.80. The average molecular weight is 267 g/mol. The number of unbranched alkanes of at least 4 members (excludes halogenated alkanes) is 2. The van der Waals surface area contributed by atoms with Crippen LogP contribution in [0.25, 0.3) is 0 Å². The summed E-state index contributed by atoms with van der Waals surface area (Å²) in [5, 5.41) is 2.93. The van der Waals surface area contributed by atoms with E-state index in [1.165, 1.54) is 12.8 Å². The predicted octanol–water partition coefficient (Wildman–Crippen LogP) is 2.33. The van der Waals surface area contributed by atoms with Gasteiger partial charge in [-0.3, -0.25) is 0 Å². The van der Waals surface area contributed by atoms with Crippen LogP contribution in [0, 0.1) is 0 Å². The Morgan fingerprint density at radius 2 is 1.95 bits per heavy atom. The summed E-state index contributed by atoms with van der Waals surface area (Å²) in [4.78, 5) is 15.1. The van der Waals surface area contributed by atoms with Gasteiger partial charge in [-0.1, -0.05) is 19.8 Å². The largest absolute Gasteiger partial charge is 0.467 e. The Kier molecular flexibility index (Phi) is 6.32. The molecule has 0 unspecified atom stereocenters. The van der Waals surface area contributed by atoms with Gasteiger partial charge in [-0.2, -0.15) is 15.0 Å². The molecule has 1 N–H and O–H groups in total. The number of anilines is 2. The first-order valence-corrected chi connectivity index (χ1v) is 6.86. The molecule has 0 fully saturated rings. The molecule has 0 spiro atoms. The van der Waals surface area contributed by atoms with Gasteiger partial charge in [-0.05, 0) is 20.3 Å². The van der Waals surface area contributed by atoms with Gasteiger partial charge >= 0.3 is 6.01 Å². The van der Waals surface area contributed by atoms with E-state index in [4.69, 9.17) is 4.74 Å². The maximum absolute atomic E-state index is 5.12. The van der Waals surface area contributed by atoms with Gasteiger partial charge in [0.15, 0.2) is 0 Å². The molecule has 1 rings (SSSR count). The molecule has 0 aromatic carbocycles. The summed E-state index contributed by atoms with van der Waals surface area (Å²) in [6, 6.07) is 0.684. The Balaban J connectivity index is 2.93. The van der Waals surface area contributed by atoms with E-state index in [0.29, 0.717) is 23.9 Å². The molecule has 1 aromatic heterocycles. The van der Waals surface area contributed by atoms with Crippen LogP contribution in [0.3, 0.4) is 0 Å². The lowest BCUT2D eigenvalue weighted by molar-refractivity contribution is 0.378. The zero-order chi connectivity index (χ0) is 14.3. The molecule has 0 atom stereocenters. The Hall–Kier alpha value is -1.59. The highest BCUT2D eigenvalue weighted by Crippen LogP contribution is 2.17. The molecular formula is C13H25N5O. The third-order valence-electron chi connectivity index (χ3n) is 2.89. The predicted molar refractivity (Wildman–Crippen MR) is 77.9 cm³/mol. The van der Waals surface area contributed by atoms with Crippen molar-refractivity contribution in [2.45, 2.75) is 46.1 Å². The van der Waals surface area contributed by atoms with Crippen LogP contribution in [0.4, 0.5) is 11.9 Å². The van der Waals surface area contributed by atoms with E-state index in [-0.39, 0.29) is 0 Å². The molecule has 0 aliphatic carbocycles. The van der Waals surface area contributed by atoms with Crippen molar-refractivity contribution in [1.82, 2.24) is 15.0 Å². The standard InChI is InChI=1S/C13H25N5O/c1-6-7-8-9-18(10(2)3)12-15-11(14-4)16-13(17-12)19-5/h10H,6-9H2,1-5H3,(H,14,15,16,17). The number of hydrogen-bond donors (Lipinski definition) is 1. The lowest BCUT2D eigenvalue weighted by Gasteiger charge is -2.26. The second kappa shape index (κ2) is 7.76. The zero-order valence-corrected chi connectivity index (χ0v) is 12.6. The minimum Gasteiger partial charge on any atom is -0.467 e. The van der Waals surface area contributed by atoms with Crippen LogP contribution in [-0.4, -0.2) is 41.7 Å². The van der Waals surface area contributed by atoms with Crippen molar-refractivity contribution in [3.63, 3.8) is 0 Å². The van der Waals surface area contributed by atoms with Gasteiger partial charge in [0.25, 0.3) is 0 Å². The van der Waals surface area contributed by atoms with E-state index >= 15 is 0 Å². The van der Waals surface area contributed by atoms with Gasteiger partial charge in [-0.25, -0.2) is 0 Å². The highest BCUT2D eigenvalue weighted by atomic mass is 16.5. The second-order valence-corrected chi connectivity index (χ2v) is 4.69. The molecule has 0 aliphatic heterocycles. The minimum absolute atomic E-state index is 0.341. The topological polar surface area (TPSA) is 63.2 Å². The normalized spacial score (nSPS) is 10.6. The van der Waals surface area contributed by atoms with Crippen LogP contribution >= 0.6 is 0 Å². The monoisotopic (exact) mass is 267 g/mol. The summed E-state index contributed by atoms with van der Waals surface area (Å²) < 4.78 is 5.12. The Morgan fingerprint density at radius 3 is 2.47 bits per heavy atom. The van der Waals surface area contributed by atoms with Crippen LogP contribution < -0.4 is 15.0 Å². The van der Waals surface area contributed by atoms with Crippen molar-refractivity contribution in [3.05, 3.63) is 0 Å². The summed E-state index contributed by atoms with van der Waals surface area (Å²) in [6.07, 6.45) is 3.55. The maximum atomic E-state index is 5.12. The summed E-state index contributed by atoms with van der Waals surface area (Å²) in [5.41, 5.74) is 0. The minimum atomic E-state index is 0.341. The van der Waals surface area contributed by atoms with Gasteiger partial charge in [0, 0.05) is 19.6 Å². The van der Waals surface area contributed by atoms with Gasteiger partial charge in [0.05, 0.1) is 7.11 Å². The third-order valence-corrected chi connectivity index (χ3v) is 2.89. The van der Waals surface area contributed by atoms with E-state index < -0.39 is 0 Å². The summed E-state index contributed by atoms with van der Waals surface area (Å²) >= 11 is 0. The molecule has 0 saturated heterocycles. The molecule has 108 valence electrons. The molecular weight excluding hydrogens is 242 g/mol. The van der Waals surface area contributed by atoms with Crippen molar-refractivity contribution in [3.8, 4) is 6.01 Å². The highest BCUT2D eigenvalue weighted by molar-refractivity contribution is 5.38. The summed E-state index contributed by atoms with van der Waals surface area (Å²) in [5.74, 6) is 1.20. The van der Waals surface area contributed by atoms with Gasteiger partial charge in [0.1, 0.15) is 0 Å². The highest BCUT2D eigenvalue weighted by Gasteiger charge is 2.16. The van der Waals surface area contributed by atoms with Gasteiger partial charge in [-0.15, -0.1) is 0 Å². The lowest BCUT2D eigenvalue weighted by Crippen LogP contribution is -2.33.